The number of hydrogen-bond acceptors (Lipinski definition) is 1. The average Bonchev–Trinajstić information content (AvgIpc) is 2.56. The normalized spacial score (nSPS) is 15.9. The lowest BCUT2D eigenvalue weighted by Gasteiger charge is -2.23. The highest BCUT2D eigenvalue weighted by Crippen LogP contribution is 2.12. The number of hydrogen-bond donors (Lipinski definition) is 1. The second-order valence-electron chi connectivity index (χ2n) is 7.37. The summed E-state index contributed by atoms with van der Waals surface area (Å²) in [5.41, 5.74) is 1.30. The van der Waals surface area contributed by atoms with Crippen molar-refractivity contribution in [2.45, 2.75) is 57.4 Å². The Morgan fingerprint density at radius 2 is 1.62 bits per heavy atom. The number of quaternary nitrogens is 1. The van der Waals surface area contributed by atoms with Gasteiger partial charge in [0.15, 0.2) is 6.20 Å². The number of nitrogens with one attached hydrogen (secondary N) is 1. The van der Waals surface area contributed by atoms with E-state index in [2.05, 4.69) is 66.6 Å². The zero-order chi connectivity index (χ0) is 17.5. The molecule has 0 amide bonds. The van der Waals surface area contributed by atoms with Gasteiger partial charge in [-0.25, -0.2) is 0 Å². The molecule has 3 radical (unpaired) electrons. The van der Waals surface area contributed by atoms with Crippen molar-refractivity contribution >= 4 is 10.2 Å². The van der Waals surface area contributed by atoms with Gasteiger partial charge in [0.2, 0.25) is 0 Å². The molecule has 0 fully saturated rings. The molecule has 3 heteroatoms. The van der Waals surface area contributed by atoms with Gasteiger partial charge < -0.3 is 5.32 Å². The summed E-state index contributed by atoms with van der Waals surface area (Å²) in [6.07, 6.45) is 24.0. The molecular weight excluding hydrogens is 308 g/mol. The van der Waals surface area contributed by atoms with Crippen LogP contribution in [-0.4, -0.2) is 48.5 Å². The Morgan fingerprint density at radius 1 is 0.958 bits per heavy atom. The minimum absolute atomic E-state index is 0.922. The Labute approximate surface area is 154 Å². The zero-order valence-corrected chi connectivity index (χ0v) is 16.9. The molecule has 1 aliphatic rings. The molecule has 24 heavy (non-hydrogen) atoms. The summed E-state index contributed by atoms with van der Waals surface area (Å²) in [5.74, 6) is 0. The highest BCUT2D eigenvalue weighted by Gasteiger charge is 2.17. The van der Waals surface area contributed by atoms with Gasteiger partial charge in [0.05, 0.1) is 14.1 Å². The van der Waals surface area contributed by atoms with E-state index in [0.717, 1.165) is 30.2 Å². The maximum Gasteiger partial charge on any atom is 0.177 e. The minimum Gasteiger partial charge on any atom is -0.311 e. The standard InChI is InChI=1S/C21H37N2Si/c1-23(2,20-21-14-10-9-11-15-21)18-17-22-16-12-7-5-3-4-6-8-13-19-24/h9-11,14-15,20,22H,3-8,12-13,16-19H2,1-2H3/q+2. The minimum atomic E-state index is 0.922. The van der Waals surface area contributed by atoms with Crippen LogP contribution in [0.5, 0.6) is 0 Å². The largest absolute Gasteiger partial charge is 0.311 e. The van der Waals surface area contributed by atoms with E-state index >= 15 is 0 Å². The van der Waals surface area contributed by atoms with Crippen LogP contribution in [0, 0.1) is 6.42 Å². The fourth-order valence-corrected chi connectivity index (χ4v) is 3.19. The molecule has 0 saturated heterocycles. The molecule has 0 aliphatic heterocycles. The summed E-state index contributed by atoms with van der Waals surface area (Å²) in [6, 6.07) is 1.16. The molecule has 0 aromatic carbocycles. The molecule has 133 valence electrons. The van der Waals surface area contributed by atoms with Gasteiger partial charge in [-0.1, -0.05) is 51.0 Å². The lowest BCUT2D eigenvalue weighted by Crippen LogP contribution is -2.40. The Kier molecular flexibility index (Phi) is 12.0. The van der Waals surface area contributed by atoms with Crippen LogP contribution < -0.4 is 5.32 Å². The summed E-state index contributed by atoms with van der Waals surface area (Å²) < 4.78 is 0.922. The van der Waals surface area contributed by atoms with Gasteiger partial charge in [0.25, 0.3) is 0 Å². The molecule has 1 N–H and O–H groups in total. The molecule has 1 rings (SSSR count). The molecule has 0 aromatic rings. The predicted octanol–water partition coefficient (Wildman–Crippen LogP) is 4.57. The molecule has 0 saturated carbocycles. The third-order valence-corrected chi connectivity index (χ3v) is 4.80. The van der Waals surface area contributed by atoms with Crippen molar-refractivity contribution in [3.05, 3.63) is 42.5 Å². The van der Waals surface area contributed by atoms with Gasteiger partial charge in [0, 0.05) is 47.5 Å². The molecule has 0 unspecified atom stereocenters. The van der Waals surface area contributed by atoms with Crippen LogP contribution in [0.15, 0.2) is 36.1 Å². The van der Waals surface area contributed by atoms with E-state index in [1.165, 1.54) is 56.9 Å². The van der Waals surface area contributed by atoms with E-state index in [0.29, 0.717) is 0 Å². The van der Waals surface area contributed by atoms with Crippen LogP contribution >= 0.6 is 0 Å². The van der Waals surface area contributed by atoms with Crippen LogP contribution in [-0.2, 0) is 0 Å². The summed E-state index contributed by atoms with van der Waals surface area (Å²) >= 11 is 0. The first kappa shape index (κ1) is 21.3. The van der Waals surface area contributed by atoms with Crippen molar-refractivity contribution in [3.63, 3.8) is 0 Å². The summed E-state index contributed by atoms with van der Waals surface area (Å²) in [6.45, 7) is 3.37. The second-order valence-corrected chi connectivity index (χ2v) is 7.87. The first-order valence-corrected chi connectivity index (χ1v) is 10.4. The van der Waals surface area contributed by atoms with E-state index in [1.54, 1.807) is 0 Å². The summed E-state index contributed by atoms with van der Waals surface area (Å²) in [5, 5.41) is 3.61. The van der Waals surface area contributed by atoms with Crippen LogP contribution in [0.1, 0.15) is 51.4 Å². The van der Waals surface area contributed by atoms with E-state index in [4.69, 9.17) is 0 Å². The molecule has 0 bridgehead atoms. The van der Waals surface area contributed by atoms with E-state index < -0.39 is 0 Å². The van der Waals surface area contributed by atoms with E-state index in [9.17, 15) is 0 Å². The van der Waals surface area contributed by atoms with Crippen LogP contribution in [0.4, 0.5) is 0 Å². The highest BCUT2D eigenvalue weighted by atomic mass is 28.1. The Hall–Kier alpha value is -0.773. The monoisotopic (exact) mass is 345 g/mol. The Bertz CT molecular complexity index is 397. The van der Waals surface area contributed by atoms with Crippen molar-refractivity contribution in [2.24, 2.45) is 0 Å². The molecular formula is C21H37N2Si+2. The number of rotatable bonds is 14. The fourth-order valence-electron chi connectivity index (χ4n) is 2.94. The first-order chi connectivity index (χ1) is 11.6. The molecule has 0 aromatic heterocycles. The van der Waals surface area contributed by atoms with Gasteiger partial charge in [-0.15, -0.1) is 0 Å². The summed E-state index contributed by atoms with van der Waals surface area (Å²) in [4.78, 5) is 0. The molecule has 1 aliphatic carbocycles. The third-order valence-electron chi connectivity index (χ3n) is 4.44. The second kappa shape index (κ2) is 13.5. The van der Waals surface area contributed by atoms with Gasteiger partial charge in [-0.2, -0.15) is 0 Å². The van der Waals surface area contributed by atoms with Crippen LogP contribution in [0.3, 0.4) is 0 Å². The molecule has 0 spiro atoms. The highest BCUT2D eigenvalue weighted by molar-refractivity contribution is 6.08. The Balaban J connectivity index is 1.94. The summed E-state index contributed by atoms with van der Waals surface area (Å²) in [7, 11) is 8.07. The maximum absolute atomic E-state index is 3.61. The first-order valence-electron chi connectivity index (χ1n) is 9.73. The Morgan fingerprint density at radius 3 is 2.25 bits per heavy atom. The van der Waals surface area contributed by atoms with Crippen LogP contribution in [0.2, 0.25) is 6.04 Å². The van der Waals surface area contributed by atoms with E-state index in [-0.39, 0.29) is 0 Å². The average molecular weight is 346 g/mol. The van der Waals surface area contributed by atoms with Crippen molar-refractivity contribution in [1.82, 2.24) is 5.32 Å². The van der Waals surface area contributed by atoms with Gasteiger partial charge in [-0.3, -0.25) is 4.48 Å². The number of likely N-dealkylation sites (N-methyl/N-ethyl adjacent to an activating group) is 1. The van der Waals surface area contributed by atoms with Crippen molar-refractivity contribution < 1.29 is 4.48 Å². The van der Waals surface area contributed by atoms with Crippen molar-refractivity contribution in [3.8, 4) is 0 Å². The fraction of sp³-hybridized carbons (Fsp3) is 0.667. The topological polar surface area (TPSA) is 12.0 Å². The lowest BCUT2D eigenvalue weighted by atomic mass is 10.1. The maximum atomic E-state index is 3.61. The number of unbranched alkanes of at least 4 members (excludes halogenated alkanes) is 7. The van der Waals surface area contributed by atoms with Gasteiger partial charge >= 0.3 is 0 Å². The zero-order valence-electron chi connectivity index (χ0n) is 15.9. The SMILES string of the molecule is C[N+](C)(C=C1C=CC=C[CH+]1)CCNCCCCCCCCCC[Si]. The van der Waals surface area contributed by atoms with E-state index in [1.807, 2.05) is 0 Å². The third kappa shape index (κ3) is 11.7. The van der Waals surface area contributed by atoms with Crippen LogP contribution in [0.25, 0.3) is 0 Å². The lowest BCUT2D eigenvalue weighted by molar-refractivity contribution is -0.837. The van der Waals surface area contributed by atoms with Crippen molar-refractivity contribution in [1.29, 1.82) is 0 Å². The molecule has 0 atom stereocenters. The number of allylic oxidation sites excluding steroid dienone is 5. The molecule has 2 nitrogen and oxygen atoms in total. The van der Waals surface area contributed by atoms with Gasteiger partial charge in [-0.05, 0) is 13.0 Å². The quantitative estimate of drug-likeness (QED) is 0.210. The predicted molar refractivity (Wildman–Crippen MR) is 108 cm³/mol. The van der Waals surface area contributed by atoms with Crippen molar-refractivity contribution in [2.75, 3.05) is 33.7 Å². The molecule has 0 heterocycles. The van der Waals surface area contributed by atoms with Gasteiger partial charge in [0.1, 0.15) is 12.1 Å². The smallest absolute Gasteiger partial charge is 0.177 e. The number of nitrogens with zero attached hydrogens (tertiary/aromatic N) is 1.